The van der Waals surface area contributed by atoms with E-state index < -0.39 is 5.41 Å². The normalized spacial score (nSPS) is 12.7. The van der Waals surface area contributed by atoms with Gasteiger partial charge in [0.1, 0.15) is 0 Å². The van der Waals surface area contributed by atoms with Crippen molar-refractivity contribution < 1.29 is 0 Å². The average Bonchev–Trinajstić information content (AvgIpc) is 3.65. The van der Waals surface area contributed by atoms with Crippen LogP contribution < -0.4 is 0 Å². The topological polar surface area (TPSA) is 38.7 Å². The lowest BCUT2D eigenvalue weighted by atomic mass is 9.67. The highest BCUT2D eigenvalue weighted by Crippen LogP contribution is 2.57. The maximum absolute atomic E-state index is 5.30. The fourth-order valence-electron chi connectivity index (χ4n) is 9.76. The summed E-state index contributed by atoms with van der Waals surface area (Å²) in [5.74, 6) is 0.678. The van der Waals surface area contributed by atoms with E-state index in [1.807, 2.05) is 18.3 Å². The van der Waals surface area contributed by atoms with Crippen molar-refractivity contribution in [2.24, 2.45) is 0 Å². The quantitative estimate of drug-likeness (QED) is 0.151. The van der Waals surface area contributed by atoms with Gasteiger partial charge in [-0.1, -0.05) is 158 Å². The predicted octanol–water partition coefficient (Wildman–Crippen LogP) is 14.4. The van der Waals surface area contributed by atoms with Gasteiger partial charge in [-0.15, -0.1) is 0 Å². The molecule has 0 saturated heterocycles. The fraction of sp³-hybridized carbons (Fsp3) is 0.0172. The van der Waals surface area contributed by atoms with E-state index in [9.17, 15) is 0 Å². The van der Waals surface area contributed by atoms with Crippen molar-refractivity contribution in [2.45, 2.75) is 5.41 Å². The van der Waals surface area contributed by atoms with Crippen LogP contribution in [0.15, 0.2) is 225 Å². The van der Waals surface area contributed by atoms with Crippen LogP contribution in [0.3, 0.4) is 0 Å². The molecule has 9 aromatic carbocycles. The highest BCUT2D eigenvalue weighted by molar-refractivity contribution is 6.18. The molecule has 0 spiro atoms. The second-order valence-electron chi connectivity index (χ2n) is 16.0. The Morgan fingerprint density at radius 3 is 1.34 bits per heavy atom. The van der Waals surface area contributed by atoms with Crippen molar-refractivity contribution in [3.05, 3.63) is 247 Å². The molecule has 1 aliphatic carbocycles. The maximum Gasteiger partial charge on any atom is 0.160 e. The summed E-state index contributed by atoms with van der Waals surface area (Å²) in [5.41, 5.74) is 13.8. The summed E-state index contributed by atoms with van der Waals surface area (Å²) in [6.07, 6.45) is 3.67. The van der Waals surface area contributed by atoms with Crippen LogP contribution in [-0.4, -0.2) is 15.0 Å². The Hall–Kier alpha value is -8.01. The number of pyridine rings is 1. The van der Waals surface area contributed by atoms with E-state index in [1.165, 1.54) is 76.8 Å². The second kappa shape index (κ2) is 14.1. The molecular weight excluding hydrogens is 739 g/mol. The van der Waals surface area contributed by atoms with Crippen molar-refractivity contribution in [1.82, 2.24) is 15.0 Å². The highest BCUT2D eigenvalue weighted by atomic mass is 14.9. The van der Waals surface area contributed by atoms with Crippen LogP contribution in [0, 0.1) is 0 Å². The smallest absolute Gasteiger partial charge is 0.160 e. The summed E-state index contributed by atoms with van der Waals surface area (Å²) in [7, 11) is 0. The molecule has 2 heterocycles. The number of fused-ring (bicyclic) bond motifs is 1. The van der Waals surface area contributed by atoms with Gasteiger partial charge in [0, 0.05) is 29.1 Å². The minimum Gasteiger partial charge on any atom is -0.264 e. The average molecular weight is 776 g/mol. The SMILES string of the molecule is c1ccc(-c2ccc3cc(-c4cc5c6c(ccc7cc(-c8nc(-c9ccccc9)cc(-c9cccnc9)n8)cc(c76)C5(c5ccccc5)c5ccccc5)c4)ccc3c2)cc1. The summed E-state index contributed by atoms with van der Waals surface area (Å²) in [5, 5.41) is 7.40. The molecule has 12 rings (SSSR count). The lowest BCUT2D eigenvalue weighted by Crippen LogP contribution is -2.29. The lowest BCUT2D eigenvalue weighted by molar-refractivity contribution is 0.772. The van der Waals surface area contributed by atoms with Crippen LogP contribution in [0.1, 0.15) is 22.3 Å². The van der Waals surface area contributed by atoms with Crippen molar-refractivity contribution in [3.63, 3.8) is 0 Å². The Balaban J connectivity index is 1.10. The molecule has 0 radical (unpaired) electrons. The Labute approximate surface area is 354 Å². The highest BCUT2D eigenvalue weighted by Gasteiger charge is 2.45. The Bertz CT molecular complexity index is 3340. The van der Waals surface area contributed by atoms with Crippen molar-refractivity contribution in [2.75, 3.05) is 0 Å². The summed E-state index contributed by atoms with van der Waals surface area (Å²) in [4.78, 5) is 15.0. The van der Waals surface area contributed by atoms with E-state index >= 15 is 0 Å². The van der Waals surface area contributed by atoms with E-state index in [2.05, 4.69) is 205 Å². The number of benzene rings is 9. The monoisotopic (exact) mass is 775 g/mol. The number of aromatic nitrogens is 3. The molecule has 0 N–H and O–H groups in total. The number of nitrogens with zero attached hydrogens (tertiary/aromatic N) is 3. The number of hydrogen-bond donors (Lipinski definition) is 0. The van der Waals surface area contributed by atoms with E-state index in [0.717, 1.165) is 28.1 Å². The molecule has 0 aliphatic heterocycles. The van der Waals surface area contributed by atoms with Crippen LogP contribution in [0.4, 0.5) is 0 Å². The molecule has 0 atom stereocenters. The van der Waals surface area contributed by atoms with Crippen molar-refractivity contribution in [3.8, 4) is 56.2 Å². The molecule has 1 aliphatic rings. The van der Waals surface area contributed by atoms with Crippen molar-refractivity contribution in [1.29, 1.82) is 0 Å². The van der Waals surface area contributed by atoms with Crippen LogP contribution in [-0.2, 0) is 5.41 Å². The standard InChI is InChI=1S/C58H37N3/c1-5-14-38(15-6-1)40-23-24-42-31-43(26-25-41(42)30-40)47-32-44-27-28-45-33-48(57-60-53(39-16-7-2-8-17-39)36-54(61-57)46-18-13-29-59-37-46)35-52-56(45)55(44)51(34-47)58(52,49-19-9-3-10-20-49)50-21-11-4-12-22-50/h1-37H. The lowest BCUT2D eigenvalue weighted by Gasteiger charge is -2.34. The van der Waals surface area contributed by atoms with E-state index in [1.54, 1.807) is 6.20 Å². The molecule has 0 saturated carbocycles. The third-order valence-electron chi connectivity index (χ3n) is 12.5. The first-order valence-electron chi connectivity index (χ1n) is 20.8. The fourth-order valence-corrected chi connectivity index (χ4v) is 9.76. The largest absolute Gasteiger partial charge is 0.264 e. The molecule has 0 bridgehead atoms. The predicted molar refractivity (Wildman–Crippen MR) is 251 cm³/mol. The Morgan fingerprint density at radius 1 is 0.311 bits per heavy atom. The molecule has 284 valence electrons. The van der Waals surface area contributed by atoms with Gasteiger partial charge in [-0.2, -0.15) is 0 Å². The zero-order chi connectivity index (χ0) is 40.3. The minimum atomic E-state index is -0.626. The van der Waals surface area contributed by atoms with Gasteiger partial charge in [0.05, 0.1) is 16.8 Å². The molecular formula is C58H37N3. The van der Waals surface area contributed by atoms with E-state index in [0.29, 0.717) is 5.82 Å². The van der Waals surface area contributed by atoms with Crippen LogP contribution in [0.5, 0.6) is 0 Å². The molecule has 0 amide bonds. The summed E-state index contributed by atoms with van der Waals surface area (Å²) < 4.78 is 0. The van der Waals surface area contributed by atoms with Gasteiger partial charge < -0.3 is 0 Å². The summed E-state index contributed by atoms with van der Waals surface area (Å²) in [6, 6.07) is 77.0. The summed E-state index contributed by atoms with van der Waals surface area (Å²) in [6.45, 7) is 0. The Kier molecular flexibility index (Phi) is 8.07. The van der Waals surface area contributed by atoms with Gasteiger partial charge in [0.25, 0.3) is 0 Å². The van der Waals surface area contributed by atoms with Crippen LogP contribution in [0.2, 0.25) is 0 Å². The van der Waals surface area contributed by atoms with Gasteiger partial charge in [-0.3, -0.25) is 4.98 Å². The number of hydrogen-bond acceptors (Lipinski definition) is 3. The molecule has 11 aromatic rings. The molecule has 61 heavy (non-hydrogen) atoms. The first-order chi connectivity index (χ1) is 30.2. The summed E-state index contributed by atoms with van der Waals surface area (Å²) >= 11 is 0. The Morgan fingerprint density at radius 2 is 0.770 bits per heavy atom. The van der Waals surface area contributed by atoms with Gasteiger partial charge in [0.2, 0.25) is 0 Å². The first kappa shape index (κ1) is 35.0. The first-order valence-corrected chi connectivity index (χ1v) is 20.8. The zero-order valence-corrected chi connectivity index (χ0v) is 33.2. The maximum atomic E-state index is 5.30. The van der Waals surface area contributed by atoms with Crippen LogP contribution in [0.25, 0.3) is 88.5 Å². The van der Waals surface area contributed by atoms with Crippen molar-refractivity contribution >= 4 is 32.3 Å². The van der Waals surface area contributed by atoms with Gasteiger partial charge in [0.15, 0.2) is 5.82 Å². The third kappa shape index (κ3) is 5.70. The van der Waals surface area contributed by atoms with E-state index in [4.69, 9.17) is 9.97 Å². The molecule has 2 aromatic heterocycles. The minimum absolute atomic E-state index is 0.626. The third-order valence-corrected chi connectivity index (χ3v) is 12.5. The van der Waals surface area contributed by atoms with E-state index in [-0.39, 0.29) is 0 Å². The van der Waals surface area contributed by atoms with Gasteiger partial charge in [-0.25, -0.2) is 9.97 Å². The molecule has 0 fully saturated rings. The molecule has 3 heteroatoms. The zero-order valence-electron chi connectivity index (χ0n) is 33.2. The molecule has 3 nitrogen and oxygen atoms in total. The van der Waals surface area contributed by atoms with Gasteiger partial charge in [-0.05, 0) is 131 Å². The second-order valence-corrected chi connectivity index (χ2v) is 16.0. The van der Waals surface area contributed by atoms with Gasteiger partial charge >= 0.3 is 0 Å². The molecule has 0 unspecified atom stereocenters. The van der Waals surface area contributed by atoms with Crippen LogP contribution >= 0.6 is 0 Å². The number of rotatable bonds is 7.